The fraction of sp³-hybridized carbons (Fsp3) is 0. The van der Waals surface area contributed by atoms with E-state index in [1.165, 1.54) is 0 Å². The molecule has 210 valence electrons. The van der Waals surface area contributed by atoms with Crippen LogP contribution in [0.5, 0.6) is 0 Å². The fourth-order valence-electron chi connectivity index (χ4n) is 6.47. The first-order chi connectivity index (χ1) is 26.5. The maximum absolute atomic E-state index is 9.37. The molecule has 0 aliphatic heterocycles. The van der Waals surface area contributed by atoms with Gasteiger partial charge in [0.2, 0.25) is 0 Å². The second kappa shape index (κ2) is 10.4. The number of furan rings is 1. The van der Waals surface area contributed by atoms with Crippen molar-refractivity contribution < 1.29 is 18.1 Å². The van der Waals surface area contributed by atoms with Crippen LogP contribution < -0.4 is 0 Å². The maximum atomic E-state index is 9.37. The molecule has 9 aromatic rings. The lowest BCUT2D eigenvalue weighted by molar-refractivity contribution is 0.669. The molecule has 45 heavy (non-hydrogen) atoms. The van der Waals surface area contributed by atoms with Crippen molar-refractivity contribution in [2.45, 2.75) is 0 Å². The molecule has 1 heteroatoms. The minimum atomic E-state index is -0.491. The lowest BCUT2D eigenvalue weighted by atomic mass is 9.82. The van der Waals surface area contributed by atoms with E-state index in [-0.39, 0.29) is 59.0 Å². The second-order valence-corrected chi connectivity index (χ2v) is 10.8. The molecule has 1 nitrogen and oxygen atoms in total. The first kappa shape index (κ1) is 17.4. The quantitative estimate of drug-likeness (QED) is 0.188. The molecule has 0 amide bonds. The highest BCUT2D eigenvalue weighted by Crippen LogP contribution is 2.50. The molecule has 0 saturated heterocycles. The third-order valence-electron chi connectivity index (χ3n) is 8.38. The highest BCUT2D eigenvalue weighted by molar-refractivity contribution is 6.27. The zero-order valence-corrected chi connectivity index (χ0v) is 23.8. The summed E-state index contributed by atoms with van der Waals surface area (Å²) in [6, 6.07) is 29.8. The van der Waals surface area contributed by atoms with Crippen LogP contribution in [0.2, 0.25) is 0 Å². The van der Waals surface area contributed by atoms with E-state index in [0.717, 1.165) is 5.39 Å². The number of para-hydroxylation sites is 1. The molecular formula is C44H28O. The standard InChI is InChI=1S/C44H28O/c1-3-13-29(14-4-1)30-23-25-32(26-24-30)41-34-17-7-9-19-36(34)42(37-20-10-8-18-35(37)41)44-33(31-15-5-2-6-16-31)27-28-40-43(44)38-21-11-12-22-39(38)45-40/h1-28H/i1D,2D,5D,6D,15D,16D,23D,24D,25D,26D. The van der Waals surface area contributed by atoms with E-state index < -0.39 is 18.1 Å². The molecule has 0 radical (unpaired) electrons. The van der Waals surface area contributed by atoms with Crippen LogP contribution in [0.1, 0.15) is 13.7 Å². The molecule has 1 aromatic heterocycles. The third-order valence-corrected chi connectivity index (χ3v) is 8.38. The van der Waals surface area contributed by atoms with Crippen molar-refractivity contribution in [1.29, 1.82) is 0 Å². The summed E-state index contributed by atoms with van der Waals surface area (Å²) < 4.78 is 94.8. The lowest BCUT2D eigenvalue weighted by Gasteiger charge is -2.20. The van der Waals surface area contributed by atoms with Gasteiger partial charge in [0, 0.05) is 16.3 Å². The molecule has 0 atom stereocenters. The summed E-state index contributed by atoms with van der Waals surface area (Å²) in [6.07, 6.45) is 0. The van der Waals surface area contributed by atoms with Crippen LogP contribution in [0.3, 0.4) is 0 Å². The number of hydrogen-bond acceptors (Lipinski definition) is 1. The van der Waals surface area contributed by atoms with Crippen molar-refractivity contribution in [3.05, 3.63) is 170 Å². The van der Waals surface area contributed by atoms with Gasteiger partial charge in [-0.15, -0.1) is 0 Å². The topological polar surface area (TPSA) is 13.1 Å². The average Bonchev–Trinajstić information content (AvgIpc) is 3.58. The van der Waals surface area contributed by atoms with Crippen LogP contribution in [0.4, 0.5) is 0 Å². The van der Waals surface area contributed by atoms with Crippen molar-refractivity contribution in [3.8, 4) is 44.5 Å². The number of fused-ring (bicyclic) bond motifs is 5. The summed E-state index contributed by atoms with van der Waals surface area (Å²) in [7, 11) is 0. The second-order valence-electron chi connectivity index (χ2n) is 10.8. The molecule has 9 rings (SSSR count). The van der Waals surface area contributed by atoms with Crippen molar-refractivity contribution in [3.63, 3.8) is 0 Å². The van der Waals surface area contributed by atoms with Crippen LogP contribution in [0.25, 0.3) is 88.0 Å². The van der Waals surface area contributed by atoms with Crippen LogP contribution >= 0.6 is 0 Å². The van der Waals surface area contributed by atoms with Crippen molar-refractivity contribution in [1.82, 2.24) is 0 Å². The summed E-state index contributed by atoms with van der Waals surface area (Å²) in [5.74, 6) is 0. The van der Waals surface area contributed by atoms with Gasteiger partial charge in [-0.3, -0.25) is 0 Å². The molecule has 0 spiro atoms. The van der Waals surface area contributed by atoms with E-state index in [4.69, 9.17) is 15.4 Å². The van der Waals surface area contributed by atoms with Gasteiger partial charge in [0.25, 0.3) is 0 Å². The van der Waals surface area contributed by atoms with E-state index in [1.807, 2.05) is 72.8 Å². The molecule has 0 unspecified atom stereocenters. The van der Waals surface area contributed by atoms with Crippen LogP contribution in [0, 0.1) is 0 Å². The Kier molecular flexibility index (Phi) is 4.01. The predicted molar refractivity (Wildman–Crippen MR) is 190 cm³/mol. The summed E-state index contributed by atoms with van der Waals surface area (Å²) in [5, 5.41) is 4.12. The van der Waals surface area contributed by atoms with Crippen LogP contribution in [-0.4, -0.2) is 0 Å². The molecule has 0 N–H and O–H groups in total. The summed E-state index contributed by atoms with van der Waals surface area (Å²) >= 11 is 0. The summed E-state index contributed by atoms with van der Waals surface area (Å²) in [6.45, 7) is 0. The SMILES string of the molecule is [2H]c1ccc(-c2c([2H])c([2H])c(-c3c4ccccc4c(-c4c(-c5c([2H])c([2H])c([2H])c([2H])c5[2H])ccc5oc6ccccc6c45)c4ccccc34)c([2H])c2[2H])cc1. The van der Waals surface area contributed by atoms with E-state index in [9.17, 15) is 2.74 Å². The summed E-state index contributed by atoms with van der Waals surface area (Å²) in [5.41, 5.74) is 4.15. The smallest absolute Gasteiger partial charge is 0.136 e. The number of benzene rings is 8. The largest absolute Gasteiger partial charge is 0.456 e. The van der Waals surface area contributed by atoms with Gasteiger partial charge in [0.05, 0.1) is 13.7 Å². The van der Waals surface area contributed by atoms with Gasteiger partial charge in [-0.2, -0.15) is 0 Å². The molecule has 0 bridgehead atoms. The predicted octanol–water partition coefficient (Wildman–Crippen LogP) is 12.6. The normalized spacial score (nSPS) is 14.7. The van der Waals surface area contributed by atoms with Crippen molar-refractivity contribution >= 4 is 43.5 Å². The van der Waals surface area contributed by atoms with Crippen LogP contribution in [0.15, 0.2) is 174 Å². The Balaban J connectivity index is 1.47. The van der Waals surface area contributed by atoms with Gasteiger partial charge in [-0.25, -0.2) is 0 Å². The van der Waals surface area contributed by atoms with Gasteiger partial charge in [-0.05, 0) is 72.6 Å². The Hall–Kier alpha value is -5.92. The zero-order valence-electron chi connectivity index (χ0n) is 33.8. The number of hydrogen-bond donors (Lipinski definition) is 0. The van der Waals surface area contributed by atoms with E-state index in [2.05, 4.69) is 0 Å². The van der Waals surface area contributed by atoms with Gasteiger partial charge in [-0.1, -0.05) is 157 Å². The van der Waals surface area contributed by atoms with Crippen molar-refractivity contribution in [2.24, 2.45) is 0 Å². The Morgan fingerprint density at radius 2 is 0.933 bits per heavy atom. The molecular weight excluding hydrogens is 544 g/mol. The molecule has 1 heterocycles. The molecule has 0 fully saturated rings. The fourth-order valence-corrected chi connectivity index (χ4v) is 6.47. The van der Waals surface area contributed by atoms with E-state index in [1.54, 1.807) is 36.4 Å². The van der Waals surface area contributed by atoms with Crippen LogP contribution in [-0.2, 0) is 0 Å². The zero-order chi connectivity index (χ0) is 38.4. The Morgan fingerprint density at radius 3 is 1.60 bits per heavy atom. The van der Waals surface area contributed by atoms with E-state index in [0.29, 0.717) is 65.9 Å². The van der Waals surface area contributed by atoms with Gasteiger partial charge in [0.15, 0.2) is 0 Å². The van der Waals surface area contributed by atoms with Gasteiger partial charge >= 0.3 is 0 Å². The minimum absolute atomic E-state index is 0.0408. The monoisotopic (exact) mass is 582 g/mol. The minimum Gasteiger partial charge on any atom is -0.456 e. The molecule has 0 aliphatic carbocycles. The number of rotatable bonds is 4. The molecule has 0 saturated carbocycles. The molecule has 0 aliphatic rings. The lowest BCUT2D eigenvalue weighted by Crippen LogP contribution is -1.93. The van der Waals surface area contributed by atoms with Gasteiger partial charge < -0.3 is 4.42 Å². The third kappa shape index (κ3) is 4.09. The Labute approximate surface area is 275 Å². The highest BCUT2D eigenvalue weighted by Gasteiger charge is 2.23. The highest BCUT2D eigenvalue weighted by atomic mass is 16.3. The Morgan fingerprint density at radius 1 is 0.356 bits per heavy atom. The summed E-state index contributed by atoms with van der Waals surface area (Å²) in [4.78, 5) is 0. The first-order valence-corrected chi connectivity index (χ1v) is 14.6. The average molecular weight is 583 g/mol. The Bertz CT molecular complexity index is 2980. The maximum Gasteiger partial charge on any atom is 0.136 e. The van der Waals surface area contributed by atoms with E-state index >= 15 is 0 Å². The van der Waals surface area contributed by atoms with Crippen molar-refractivity contribution in [2.75, 3.05) is 0 Å². The first-order valence-electron chi connectivity index (χ1n) is 19.6. The molecule has 8 aromatic carbocycles. The van der Waals surface area contributed by atoms with Gasteiger partial charge in [0.1, 0.15) is 11.2 Å².